The summed E-state index contributed by atoms with van der Waals surface area (Å²) in [5.41, 5.74) is 0. The maximum Gasteiger partial charge on any atom is 0.227 e. The highest BCUT2D eigenvalue weighted by Crippen LogP contribution is 2.30. The number of nitrogens with one attached hydrogen (secondary N) is 1. The van der Waals surface area contributed by atoms with Crippen LogP contribution in [0.25, 0.3) is 0 Å². The molecule has 3 atom stereocenters. The molecule has 2 aliphatic heterocycles. The van der Waals surface area contributed by atoms with Gasteiger partial charge in [0.05, 0.1) is 24.7 Å². The Hall–Kier alpha value is -0.610. The van der Waals surface area contributed by atoms with Crippen molar-refractivity contribution in [2.24, 2.45) is 5.92 Å². The summed E-state index contributed by atoms with van der Waals surface area (Å²) in [7, 11) is 0. The Bertz CT molecular complexity index is 300. The maximum absolute atomic E-state index is 12.6. The minimum atomic E-state index is 0.208. The van der Waals surface area contributed by atoms with Crippen LogP contribution in [0.4, 0.5) is 0 Å². The fourth-order valence-corrected chi connectivity index (χ4v) is 3.67. The minimum Gasteiger partial charge on any atom is -0.374 e. The highest BCUT2D eigenvalue weighted by molar-refractivity contribution is 5.79. The molecule has 1 amide bonds. The van der Waals surface area contributed by atoms with E-state index >= 15 is 0 Å². The van der Waals surface area contributed by atoms with Gasteiger partial charge >= 0.3 is 0 Å². The number of hydrogen-bond acceptors (Lipinski definition) is 3. The molecule has 1 N–H and O–H groups in total. The van der Waals surface area contributed by atoms with Gasteiger partial charge in [-0.2, -0.15) is 0 Å². The summed E-state index contributed by atoms with van der Waals surface area (Å²) in [5.74, 6) is 0.585. The summed E-state index contributed by atoms with van der Waals surface area (Å²) in [6, 6.07) is 0.363. The molecule has 0 aromatic rings. The molecule has 0 radical (unpaired) electrons. The molecule has 0 aromatic carbocycles. The Balaban J connectivity index is 1.67. The topological polar surface area (TPSA) is 41.6 Å². The molecule has 3 rings (SSSR count). The van der Waals surface area contributed by atoms with Crippen LogP contribution in [0.5, 0.6) is 0 Å². The van der Waals surface area contributed by atoms with Crippen LogP contribution in [0, 0.1) is 5.92 Å². The number of piperidine rings is 1. The molecule has 1 aliphatic carbocycles. The van der Waals surface area contributed by atoms with Crippen molar-refractivity contribution >= 4 is 5.91 Å². The molecule has 3 aliphatic rings. The quantitative estimate of drug-likeness (QED) is 0.761. The first-order valence-electron chi connectivity index (χ1n) is 7.49. The lowest BCUT2D eigenvalue weighted by Crippen LogP contribution is -2.57. The third kappa shape index (κ3) is 2.41. The molecule has 2 unspecified atom stereocenters. The van der Waals surface area contributed by atoms with E-state index in [0.717, 1.165) is 51.9 Å². The third-order valence-corrected chi connectivity index (χ3v) is 4.66. The minimum absolute atomic E-state index is 0.208. The van der Waals surface area contributed by atoms with E-state index < -0.39 is 0 Å². The van der Waals surface area contributed by atoms with Crippen molar-refractivity contribution in [3.8, 4) is 0 Å². The first-order valence-corrected chi connectivity index (χ1v) is 7.49. The zero-order valence-corrected chi connectivity index (χ0v) is 11.1. The third-order valence-electron chi connectivity index (χ3n) is 4.66. The zero-order chi connectivity index (χ0) is 12.4. The van der Waals surface area contributed by atoms with Crippen LogP contribution >= 0.6 is 0 Å². The van der Waals surface area contributed by atoms with Gasteiger partial charge in [-0.25, -0.2) is 0 Å². The summed E-state index contributed by atoms with van der Waals surface area (Å²) in [4.78, 5) is 14.8. The second kappa shape index (κ2) is 5.57. The number of fused-ring (bicyclic) bond motifs is 1. The van der Waals surface area contributed by atoms with Crippen molar-refractivity contribution in [2.75, 3.05) is 26.2 Å². The lowest BCUT2D eigenvalue weighted by molar-refractivity contribution is -0.154. The Morgan fingerprint density at radius 2 is 2.06 bits per heavy atom. The first kappa shape index (κ1) is 12.4. The maximum atomic E-state index is 12.6. The van der Waals surface area contributed by atoms with Crippen molar-refractivity contribution in [1.82, 2.24) is 10.2 Å². The van der Waals surface area contributed by atoms with Crippen LogP contribution in [0.15, 0.2) is 0 Å². The molecule has 2 saturated heterocycles. The molecular weight excluding hydrogens is 228 g/mol. The SMILES string of the molecule is O=C([C@H]1CCCNC1)N1CCOC2CCCCC21. The fourth-order valence-electron chi connectivity index (χ4n) is 3.67. The lowest BCUT2D eigenvalue weighted by atomic mass is 9.88. The number of carbonyl (C=O) groups excluding carboxylic acids is 1. The van der Waals surface area contributed by atoms with Gasteiger partial charge in [-0.3, -0.25) is 4.79 Å². The Labute approximate surface area is 109 Å². The van der Waals surface area contributed by atoms with Crippen LogP contribution in [-0.4, -0.2) is 49.2 Å². The van der Waals surface area contributed by atoms with Crippen molar-refractivity contribution in [1.29, 1.82) is 0 Å². The molecule has 0 aromatic heterocycles. The largest absolute Gasteiger partial charge is 0.374 e. The number of ether oxygens (including phenoxy) is 1. The smallest absolute Gasteiger partial charge is 0.227 e. The predicted molar refractivity (Wildman–Crippen MR) is 69.3 cm³/mol. The first-order chi connectivity index (χ1) is 8.86. The standard InChI is InChI=1S/C14H24N2O2/c17-14(11-4-3-7-15-10-11)16-8-9-18-13-6-2-1-5-12(13)16/h11-13,15H,1-10H2/t11-,12?,13?/m0/s1. The van der Waals surface area contributed by atoms with Crippen LogP contribution in [0.3, 0.4) is 0 Å². The molecule has 18 heavy (non-hydrogen) atoms. The number of morpholine rings is 1. The summed E-state index contributed by atoms with van der Waals surface area (Å²) in [6.45, 7) is 3.47. The number of rotatable bonds is 1. The second-order valence-corrected chi connectivity index (χ2v) is 5.84. The molecule has 2 heterocycles. The van der Waals surface area contributed by atoms with Crippen LogP contribution in [0.2, 0.25) is 0 Å². The van der Waals surface area contributed by atoms with Gasteiger partial charge in [0.2, 0.25) is 5.91 Å². The van der Waals surface area contributed by atoms with Gasteiger partial charge in [0.1, 0.15) is 0 Å². The van der Waals surface area contributed by atoms with Gasteiger partial charge in [0.25, 0.3) is 0 Å². The van der Waals surface area contributed by atoms with E-state index in [1.165, 1.54) is 12.8 Å². The number of nitrogens with zero attached hydrogens (tertiary/aromatic N) is 1. The van der Waals surface area contributed by atoms with Crippen LogP contribution < -0.4 is 5.32 Å². The predicted octanol–water partition coefficient (Wildman–Crippen LogP) is 1.16. The monoisotopic (exact) mass is 252 g/mol. The number of carbonyl (C=O) groups is 1. The van der Waals surface area contributed by atoms with Crippen LogP contribution in [0.1, 0.15) is 38.5 Å². The van der Waals surface area contributed by atoms with E-state index in [4.69, 9.17) is 4.74 Å². The van der Waals surface area contributed by atoms with E-state index in [1.807, 2.05) is 0 Å². The summed E-state index contributed by atoms with van der Waals surface area (Å²) in [5, 5.41) is 3.35. The Kier molecular flexibility index (Phi) is 3.85. The average molecular weight is 252 g/mol. The van der Waals surface area contributed by atoms with Crippen molar-refractivity contribution in [3.05, 3.63) is 0 Å². The summed E-state index contributed by atoms with van der Waals surface area (Å²) in [6.07, 6.45) is 7.28. The van der Waals surface area contributed by atoms with Gasteiger partial charge in [-0.15, -0.1) is 0 Å². The Morgan fingerprint density at radius 1 is 1.17 bits per heavy atom. The van der Waals surface area contributed by atoms with Crippen molar-refractivity contribution in [2.45, 2.75) is 50.7 Å². The molecular formula is C14H24N2O2. The van der Waals surface area contributed by atoms with E-state index in [9.17, 15) is 4.79 Å². The lowest BCUT2D eigenvalue weighted by Gasteiger charge is -2.45. The molecule has 0 spiro atoms. The fraction of sp³-hybridized carbons (Fsp3) is 0.929. The average Bonchev–Trinajstić information content (AvgIpc) is 2.47. The zero-order valence-electron chi connectivity index (χ0n) is 11.1. The number of amides is 1. The molecule has 0 bridgehead atoms. The van der Waals surface area contributed by atoms with E-state index in [2.05, 4.69) is 10.2 Å². The van der Waals surface area contributed by atoms with E-state index in [0.29, 0.717) is 18.1 Å². The van der Waals surface area contributed by atoms with Gasteiger partial charge in [0, 0.05) is 13.1 Å². The summed E-state index contributed by atoms with van der Waals surface area (Å²) >= 11 is 0. The van der Waals surface area contributed by atoms with Crippen LogP contribution in [-0.2, 0) is 9.53 Å². The highest BCUT2D eigenvalue weighted by atomic mass is 16.5. The molecule has 3 fully saturated rings. The van der Waals surface area contributed by atoms with Gasteiger partial charge < -0.3 is 15.0 Å². The normalized spacial score (nSPS) is 37.1. The molecule has 4 nitrogen and oxygen atoms in total. The highest BCUT2D eigenvalue weighted by Gasteiger charge is 2.38. The van der Waals surface area contributed by atoms with Gasteiger partial charge in [-0.05, 0) is 32.2 Å². The molecule has 1 saturated carbocycles. The summed E-state index contributed by atoms with van der Waals surface area (Å²) < 4.78 is 5.84. The van der Waals surface area contributed by atoms with E-state index in [-0.39, 0.29) is 5.92 Å². The molecule has 4 heteroatoms. The number of hydrogen-bond donors (Lipinski definition) is 1. The van der Waals surface area contributed by atoms with E-state index in [1.54, 1.807) is 0 Å². The van der Waals surface area contributed by atoms with Gasteiger partial charge in [-0.1, -0.05) is 12.8 Å². The molecule has 102 valence electrons. The second-order valence-electron chi connectivity index (χ2n) is 5.84. The van der Waals surface area contributed by atoms with Gasteiger partial charge in [0.15, 0.2) is 0 Å². The van der Waals surface area contributed by atoms with Crippen molar-refractivity contribution < 1.29 is 9.53 Å². The Morgan fingerprint density at radius 3 is 2.89 bits per heavy atom. The van der Waals surface area contributed by atoms with Crippen molar-refractivity contribution in [3.63, 3.8) is 0 Å².